The number of carbonyl (C=O) groups excluding carboxylic acids is 2. The summed E-state index contributed by atoms with van der Waals surface area (Å²) in [5, 5.41) is 10.7. The summed E-state index contributed by atoms with van der Waals surface area (Å²) in [5.74, 6) is -0.898. The van der Waals surface area contributed by atoms with Gasteiger partial charge in [0.1, 0.15) is 11.5 Å². The highest BCUT2D eigenvalue weighted by Gasteiger charge is 2.35. The molecule has 3 aromatic carbocycles. The number of halogens is 1. The maximum absolute atomic E-state index is 12.9. The van der Waals surface area contributed by atoms with E-state index in [0.29, 0.717) is 10.8 Å². The van der Waals surface area contributed by atoms with Crippen LogP contribution in [0.3, 0.4) is 0 Å². The van der Waals surface area contributed by atoms with Crippen molar-refractivity contribution in [2.45, 2.75) is 0 Å². The largest absolute Gasteiger partial charge is 0.507 e. The molecule has 5 nitrogen and oxygen atoms in total. The summed E-state index contributed by atoms with van der Waals surface area (Å²) >= 11 is 6.08. The predicted molar refractivity (Wildman–Crippen MR) is 97.4 cm³/mol. The smallest absolute Gasteiger partial charge is 0.198 e. The molecule has 0 amide bonds. The second-order valence-electron chi connectivity index (χ2n) is 5.79. The van der Waals surface area contributed by atoms with Crippen LogP contribution in [0, 0.1) is 0 Å². The van der Waals surface area contributed by atoms with Crippen molar-refractivity contribution in [3.05, 3.63) is 81.9 Å². The molecule has 3 N–H and O–H groups in total. The number of hydrogen-bond acceptors (Lipinski definition) is 5. The van der Waals surface area contributed by atoms with Gasteiger partial charge in [-0.25, -0.2) is 0 Å². The van der Waals surface area contributed by atoms with E-state index in [1.807, 2.05) is 0 Å². The quantitative estimate of drug-likeness (QED) is 0.410. The number of hydrogen-bond donors (Lipinski definition) is 2. The van der Waals surface area contributed by atoms with Crippen molar-refractivity contribution in [2.24, 2.45) is 0 Å². The lowest BCUT2D eigenvalue weighted by Gasteiger charge is -2.21. The molecule has 0 aromatic heterocycles. The van der Waals surface area contributed by atoms with E-state index in [2.05, 4.69) is 0 Å². The average molecular weight is 366 g/mol. The van der Waals surface area contributed by atoms with Crippen molar-refractivity contribution in [1.29, 1.82) is 0 Å². The van der Waals surface area contributed by atoms with Crippen LogP contribution in [0.4, 0.5) is 5.69 Å². The molecule has 3 aromatic rings. The first-order valence-electron chi connectivity index (χ1n) is 7.75. The molecule has 0 spiro atoms. The first-order valence-corrected chi connectivity index (χ1v) is 8.13. The summed E-state index contributed by atoms with van der Waals surface area (Å²) in [6.07, 6.45) is 0. The lowest BCUT2D eigenvalue weighted by molar-refractivity contribution is 0.0977. The highest BCUT2D eigenvalue weighted by Crippen LogP contribution is 2.43. The third kappa shape index (κ3) is 2.33. The summed E-state index contributed by atoms with van der Waals surface area (Å²) in [6, 6.07) is 14.4. The summed E-state index contributed by atoms with van der Waals surface area (Å²) in [5.41, 5.74) is 6.41. The molecule has 0 saturated heterocycles. The number of nitrogen functional groups attached to an aromatic ring is 1. The van der Waals surface area contributed by atoms with Crippen LogP contribution in [0.5, 0.6) is 17.2 Å². The second-order valence-corrected chi connectivity index (χ2v) is 6.20. The Morgan fingerprint density at radius 3 is 2.08 bits per heavy atom. The SMILES string of the molecule is Nc1c(Oc2ccccc2Cl)cc(O)c2c1C(=O)c1ccccc1C2=O. The Morgan fingerprint density at radius 2 is 1.42 bits per heavy atom. The van der Waals surface area contributed by atoms with Gasteiger partial charge >= 0.3 is 0 Å². The van der Waals surface area contributed by atoms with Gasteiger partial charge in [-0.2, -0.15) is 0 Å². The minimum absolute atomic E-state index is 0.0226. The lowest BCUT2D eigenvalue weighted by Crippen LogP contribution is -2.22. The van der Waals surface area contributed by atoms with Crippen LogP contribution in [0.1, 0.15) is 31.8 Å². The summed E-state index contributed by atoms with van der Waals surface area (Å²) in [6.45, 7) is 0. The number of ketones is 2. The van der Waals surface area contributed by atoms with E-state index in [-0.39, 0.29) is 39.4 Å². The Balaban J connectivity index is 1.90. The molecule has 0 bridgehead atoms. The zero-order chi connectivity index (χ0) is 18.4. The number of phenolic OH excluding ortho intramolecular Hbond substituents is 1. The van der Waals surface area contributed by atoms with Gasteiger partial charge < -0.3 is 15.6 Å². The molecule has 0 saturated carbocycles. The zero-order valence-corrected chi connectivity index (χ0v) is 14.1. The van der Waals surface area contributed by atoms with Crippen molar-refractivity contribution in [3.63, 3.8) is 0 Å². The van der Waals surface area contributed by atoms with Gasteiger partial charge in [-0.1, -0.05) is 48.0 Å². The third-order valence-corrected chi connectivity index (χ3v) is 4.55. The van der Waals surface area contributed by atoms with E-state index >= 15 is 0 Å². The van der Waals surface area contributed by atoms with E-state index in [1.165, 1.54) is 6.07 Å². The number of nitrogens with two attached hydrogens (primary N) is 1. The van der Waals surface area contributed by atoms with Gasteiger partial charge in [-0.3, -0.25) is 9.59 Å². The van der Waals surface area contributed by atoms with E-state index in [9.17, 15) is 14.7 Å². The number of para-hydroxylation sites is 1. The minimum atomic E-state index is -0.455. The van der Waals surface area contributed by atoms with Crippen LogP contribution in [0.2, 0.25) is 5.02 Å². The topological polar surface area (TPSA) is 89.6 Å². The number of anilines is 1. The van der Waals surface area contributed by atoms with Crippen LogP contribution < -0.4 is 10.5 Å². The van der Waals surface area contributed by atoms with Gasteiger partial charge in [-0.05, 0) is 12.1 Å². The second kappa shape index (κ2) is 5.89. The number of rotatable bonds is 2. The summed E-state index contributed by atoms with van der Waals surface area (Å²) < 4.78 is 5.68. The number of fused-ring (bicyclic) bond motifs is 2. The average Bonchev–Trinajstić information content (AvgIpc) is 2.64. The Morgan fingerprint density at radius 1 is 0.846 bits per heavy atom. The van der Waals surface area contributed by atoms with Crippen LogP contribution in [-0.2, 0) is 0 Å². The van der Waals surface area contributed by atoms with E-state index in [4.69, 9.17) is 22.1 Å². The van der Waals surface area contributed by atoms with E-state index < -0.39 is 11.6 Å². The van der Waals surface area contributed by atoms with Gasteiger partial charge in [0, 0.05) is 17.2 Å². The molecule has 4 rings (SSSR count). The van der Waals surface area contributed by atoms with Gasteiger partial charge in [0.15, 0.2) is 17.3 Å². The summed E-state index contributed by atoms with van der Waals surface area (Å²) in [4.78, 5) is 25.6. The van der Waals surface area contributed by atoms with Crippen LogP contribution in [0.15, 0.2) is 54.6 Å². The molecule has 1 aliphatic carbocycles. The lowest BCUT2D eigenvalue weighted by atomic mass is 9.82. The highest BCUT2D eigenvalue weighted by molar-refractivity contribution is 6.32. The van der Waals surface area contributed by atoms with Crippen molar-refractivity contribution in [3.8, 4) is 17.2 Å². The Bertz CT molecular complexity index is 1090. The van der Waals surface area contributed by atoms with Crippen LogP contribution >= 0.6 is 11.6 Å². The number of aromatic hydroxyl groups is 1. The van der Waals surface area contributed by atoms with Crippen molar-refractivity contribution in [1.82, 2.24) is 0 Å². The molecule has 0 atom stereocenters. The standard InChI is InChI=1S/C20H12ClNO4/c21-12-7-3-4-8-14(12)26-15-9-13(23)16-17(18(15)22)20(25)11-6-2-1-5-10(11)19(16)24/h1-9,23H,22H2. The van der Waals surface area contributed by atoms with Gasteiger partial charge in [-0.15, -0.1) is 0 Å². The molecule has 0 fully saturated rings. The maximum Gasteiger partial charge on any atom is 0.198 e. The Hall–Kier alpha value is -3.31. The summed E-state index contributed by atoms with van der Waals surface area (Å²) in [7, 11) is 0. The maximum atomic E-state index is 12.9. The van der Waals surface area contributed by atoms with Crippen molar-refractivity contribution in [2.75, 3.05) is 5.73 Å². The van der Waals surface area contributed by atoms with E-state index in [0.717, 1.165) is 0 Å². The number of ether oxygens (including phenoxy) is 1. The molecule has 128 valence electrons. The van der Waals surface area contributed by atoms with Crippen LogP contribution in [0.25, 0.3) is 0 Å². The van der Waals surface area contributed by atoms with Gasteiger partial charge in [0.05, 0.1) is 21.8 Å². The van der Waals surface area contributed by atoms with Crippen molar-refractivity contribution < 1.29 is 19.4 Å². The molecule has 0 heterocycles. The molecule has 6 heteroatoms. The third-order valence-electron chi connectivity index (χ3n) is 4.24. The fourth-order valence-corrected chi connectivity index (χ4v) is 3.18. The normalized spacial score (nSPS) is 12.5. The molecule has 0 unspecified atom stereocenters. The Kier molecular flexibility index (Phi) is 3.67. The molecule has 0 radical (unpaired) electrons. The molecule has 26 heavy (non-hydrogen) atoms. The molecular formula is C20H12ClNO4. The van der Waals surface area contributed by atoms with E-state index in [1.54, 1.807) is 48.5 Å². The number of carbonyl (C=O) groups is 2. The fraction of sp³-hybridized carbons (Fsp3) is 0. The number of benzene rings is 3. The van der Waals surface area contributed by atoms with Gasteiger partial charge in [0.2, 0.25) is 0 Å². The highest BCUT2D eigenvalue weighted by atomic mass is 35.5. The Labute approximate surface area is 153 Å². The van der Waals surface area contributed by atoms with Crippen molar-refractivity contribution >= 4 is 28.9 Å². The van der Waals surface area contributed by atoms with Crippen LogP contribution in [-0.4, -0.2) is 16.7 Å². The zero-order valence-electron chi connectivity index (χ0n) is 13.3. The molecular weight excluding hydrogens is 354 g/mol. The first-order chi connectivity index (χ1) is 12.5. The fourth-order valence-electron chi connectivity index (χ4n) is 3.00. The predicted octanol–water partition coefficient (Wildman–Crippen LogP) is 4.20. The first kappa shape index (κ1) is 16.2. The monoisotopic (exact) mass is 365 g/mol. The van der Waals surface area contributed by atoms with Gasteiger partial charge in [0.25, 0.3) is 0 Å². The molecule has 1 aliphatic rings. The molecule has 0 aliphatic heterocycles. The minimum Gasteiger partial charge on any atom is -0.507 e. The number of phenols is 1.